The number of rotatable bonds is 4. The highest BCUT2D eigenvalue weighted by Gasteiger charge is 2.44. The van der Waals surface area contributed by atoms with Crippen molar-refractivity contribution in [2.75, 3.05) is 0 Å². The second-order valence-electron chi connectivity index (χ2n) is 10.1. The largest absolute Gasteiger partial charge is 0.507 e. The van der Waals surface area contributed by atoms with Crippen LogP contribution in [0.1, 0.15) is 76.1 Å². The maximum Gasteiger partial charge on any atom is 0.243 e. The molecule has 2 atom stereocenters. The third-order valence-corrected chi connectivity index (χ3v) is 5.60. The number of carbonyl (C=O) groups is 1. The minimum Gasteiger partial charge on any atom is -0.507 e. The van der Waals surface area contributed by atoms with Crippen LogP contribution in [0.25, 0.3) is 0 Å². The quantitative estimate of drug-likeness (QED) is 0.552. The van der Waals surface area contributed by atoms with Gasteiger partial charge in [-0.05, 0) is 52.0 Å². The van der Waals surface area contributed by atoms with Crippen molar-refractivity contribution in [3.05, 3.63) is 64.7 Å². The normalized spacial score (nSPS) is 19.4. The predicted octanol–water partition coefficient (Wildman–Crippen LogP) is 5.24. The first-order valence-corrected chi connectivity index (χ1v) is 10.2. The number of amides is 1. The Balaban J connectivity index is 1.60. The van der Waals surface area contributed by atoms with Crippen molar-refractivity contribution in [2.24, 2.45) is 11.0 Å². The van der Waals surface area contributed by atoms with Crippen molar-refractivity contribution in [1.82, 2.24) is 5.43 Å². The summed E-state index contributed by atoms with van der Waals surface area (Å²) in [5, 5.41) is 14.1. The lowest BCUT2D eigenvalue weighted by atomic mass is 9.86. The molecule has 1 fully saturated rings. The Kier molecular flexibility index (Phi) is 5.57. The van der Waals surface area contributed by atoms with Gasteiger partial charge in [-0.25, -0.2) is 5.43 Å². The summed E-state index contributed by atoms with van der Waals surface area (Å²) < 4.78 is 0. The van der Waals surface area contributed by atoms with Gasteiger partial charge in [-0.15, -0.1) is 0 Å². The van der Waals surface area contributed by atoms with Gasteiger partial charge in [0.15, 0.2) is 0 Å². The van der Waals surface area contributed by atoms with Gasteiger partial charge in [-0.2, -0.15) is 5.10 Å². The fourth-order valence-electron chi connectivity index (χ4n) is 3.46. The summed E-state index contributed by atoms with van der Waals surface area (Å²) in [7, 11) is 0. The summed E-state index contributed by atoms with van der Waals surface area (Å²) in [6.07, 6.45) is 2.36. The fourth-order valence-corrected chi connectivity index (χ4v) is 3.46. The van der Waals surface area contributed by atoms with Gasteiger partial charge in [0, 0.05) is 11.5 Å². The van der Waals surface area contributed by atoms with Crippen molar-refractivity contribution in [3.8, 4) is 5.75 Å². The van der Waals surface area contributed by atoms with Crippen molar-refractivity contribution in [3.63, 3.8) is 0 Å². The van der Waals surface area contributed by atoms with E-state index in [0.717, 1.165) is 12.0 Å². The summed E-state index contributed by atoms with van der Waals surface area (Å²) in [6, 6.07) is 14.1. The van der Waals surface area contributed by atoms with Crippen LogP contribution in [0.4, 0.5) is 0 Å². The number of nitrogens with zero attached hydrogens (tertiary/aromatic N) is 1. The number of carbonyl (C=O) groups excluding carboxylic acids is 1. The summed E-state index contributed by atoms with van der Waals surface area (Å²) in [4.78, 5) is 12.4. The Morgan fingerprint density at radius 1 is 1.00 bits per heavy atom. The zero-order valence-corrected chi connectivity index (χ0v) is 18.3. The van der Waals surface area contributed by atoms with Gasteiger partial charge < -0.3 is 5.11 Å². The van der Waals surface area contributed by atoms with Crippen molar-refractivity contribution in [1.29, 1.82) is 0 Å². The molecule has 3 rings (SSSR count). The Bertz CT molecular complexity index is 915. The summed E-state index contributed by atoms with van der Waals surface area (Å²) in [5.74, 6) is 0.302. The van der Waals surface area contributed by atoms with Crippen LogP contribution < -0.4 is 5.43 Å². The molecule has 0 saturated heterocycles. The van der Waals surface area contributed by atoms with Crippen molar-refractivity contribution < 1.29 is 9.90 Å². The van der Waals surface area contributed by atoms with Crippen molar-refractivity contribution in [2.45, 2.75) is 64.7 Å². The van der Waals surface area contributed by atoms with Crippen LogP contribution in [-0.4, -0.2) is 17.2 Å². The Labute approximate surface area is 174 Å². The average Bonchev–Trinajstić information content (AvgIpc) is 3.42. The van der Waals surface area contributed by atoms with E-state index in [4.69, 9.17) is 0 Å². The van der Waals surface area contributed by atoms with Crippen LogP contribution in [0.3, 0.4) is 0 Å². The lowest BCUT2D eigenvalue weighted by Crippen LogP contribution is -2.20. The van der Waals surface area contributed by atoms with E-state index in [1.165, 1.54) is 17.3 Å². The van der Waals surface area contributed by atoms with Gasteiger partial charge in [-0.1, -0.05) is 71.9 Å². The third-order valence-electron chi connectivity index (χ3n) is 5.60. The number of aromatic hydroxyl groups is 1. The van der Waals surface area contributed by atoms with Crippen LogP contribution in [-0.2, 0) is 15.6 Å². The van der Waals surface area contributed by atoms with Crippen LogP contribution in [0, 0.1) is 5.92 Å². The summed E-state index contributed by atoms with van der Waals surface area (Å²) >= 11 is 0. The molecule has 4 heteroatoms. The molecule has 2 N–H and O–H groups in total. The van der Waals surface area contributed by atoms with Crippen molar-refractivity contribution >= 4 is 12.1 Å². The average molecular weight is 393 g/mol. The molecule has 1 amide bonds. The lowest BCUT2D eigenvalue weighted by Gasteiger charge is -2.19. The number of benzene rings is 2. The first-order chi connectivity index (χ1) is 13.5. The zero-order chi connectivity index (χ0) is 21.4. The maximum atomic E-state index is 12.4. The molecule has 154 valence electrons. The van der Waals surface area contributed by atoms with Gasteiger partial charge in [0.1, 0.15) is 5.75 Å². The molecule has 0 unspecified atom stereocenters. The highest BCUT2D eigenvalue weighted by molar-refractivity contribution is 5.87. The van der Waals surface area contributed by atoms with E-state index >= 15 is 0 Å². The highest BCUT2D eigenvalue weighted by atomic mass is 16.3. The van der Waals surface area contributed by atoms with Gasteiger partial charge in [0.2, 0.25) is 5.91 Å². The van der Waals surface area contributed by atoms with E-state index in [9.17, 15) is 9.90 Å². The zero-order valence-electron chi connectivity index (χ0n) is 18.3. The summed E-state index contributed by atoms with van der Waals surface area (Å²) in [6.45, 7) is 12.9. The van der Waals surface area contributed by atoms with Crippen LogP contribution in [0.5, 0.6) is 5.75 Å². The number of hydrazone groups is 1. The lowest BCUT2D eigenvalue weighted by molar-refractivity contribution is -0.122. The summed E-state index contributed by atoms with van der Waals surface area (Å²) in [5.41, 5.74) is 6.94. The molecule has 1 aliphatic rings. The minimum atomic E-state index is -0.0717. The van der Waals surface area contributed by atoms with Crippen LogP contribution in [0.2, 0.25) is 0 Å². The molecule has 1 saturated carbocycles. The van der Waals surface area contributed by atoms with E-state index in [2.05, 4.69) is 76.3 Å². The van der Waals surface area contributed by atoms with E-state index in [1.54, 1.807) is 6.07 Å². The predicted molar refractivity (Wildman–Crippen MR) is 119 cm³/mol. The number of phenols is 1. The monoisotopic (exact) mass is 392 g/mol. The van der Waals surface area contributed by atoms with Gasteiger partial charge in [0.05, 0.1) is 6.21 Å². The molecule has 2 aromatic carbocycles. The topological polar surface area (TPSA) is 61.7 Å². The van der Waals surface area contributed by atoms with E-state index in [0.29, 0.717) is 5.56 Å². The third kappa shape index (κ3) is 5.06. The van der Waals surface area contributed by atoms with E-state index in [1.807, 2.05) is 12.1 Å². The Hall–Kier alpha value is -2.62. The molecule has 1 aliphatic carbocycles. The van der Waals surface area contributed by atoms with E-state index in [-0.39, 0.29) is 34.3 Å². The molecule has 2 aromatic rings. The molecule has 0 heterocycles. The smallest absolute Gasteiger partial charge is 0.243 e. The van der Waals surface area contributed by atoms with Crippen LogP contribution >= 0.6 is 0 Å². The van der Waals surface area contributed by atoms with E-state index < -0.39 is 0 Å². The molecule has 4 nitrogen and oxygen atoms in total. The number of hydrogen-bond acceptors (Lipinski definition) is 3. The molecule has 0 bridgehead atoms. The SMILES string of the molecule is CC(C)(C)c1ccc([C@@H]2C[C@@H]2C(=O)N/N=C/c2cc(C(C)(C)C)ccc2O)cc1. The maximum absolute atomic E-state index is 12.4. The minimum absolute atomic E-state index is 0.0245. The molecule has 0 radical (unpaired) electrons. The Morgan fingerprint density at radius 3 is 2.17 bits per heavy atom. The second kappa shape index (κ2) is 7.66. The number of hydrogen-bond donors (Lipinski definition) is 2. The highest BCUT2D eigenvalue weighted by Crippen LogP contribution is 2.47. The first kappa shape index (κ1) is 21.1. The number of nitrogens with one attached hydrogen (secondary N) is 1. The number of phenolic OH excluding ortho intramolecular Hbond substituents is 1. The van der Waals surface area contributed by atoms with Gasteiger partial charge >= 0.3 is 0 Å². The van der Waals surface area contributed by atoms with Crippen LogP contribution in [0.15, 0.2) is 47.6 Å². The molecule has 0 spiro atoms. The first-order valence-electron chi connectivity index (χ1n) is 10.2. The molecular formula is C25H32N2O2. The van der Waals surface area contributed by atoms with Gasteiger partial charge in [0.25, 0.3) is 0 Å². The molecule has 0 aromatic heterocycles. The molecule has 0 aliphatic heterocycles. The second-order valence-corrected chi connectivity index (χ2v) is 10.1. The Morgan fingerprint density at radius 2 is 1.59 bits per heavy atom. The van der Waals surface area contributed by atoms with Gasteiger partial charge in [-0.3, -0.25) is 4.79 Å². The fraction of sp³-hybridized carbons (Fsp3) is 0.440. The standard InChI is InChI=1S/C25H32N2O2/c1-24(2,3)18-9-7-16(8-10-18)20-14-21(20)23(29)27-26-15-17-13-19(25(4,5)6)11-12-22(17)28/h7-13,15,20-21,28H,14H2,1-6H3,(H,27,29)/b26-15+/t20-,21-/m0/s1. The molecular weight excluding hydrogens is 360 g/mol. The molecule has 29 heavy (non-hydrogen) atoms.